The summed E-state index contributed by atoms with van der Waals surface area (Å²) in [6.45, 7) is 5.04. The van der Waals surface area contributed by atoms with Crippen LogP contribution in [0.3, 0.4) is 0 Å². The minimum atomic E-state index is 0.131. The zero-order valence-corrected chi connectivity index (χ0v) is 11.8. The van der Waals surface area contributed by atoms with Gasteiger partial charge in [-0.1, -0.05) is 11.3 Å². The molecule has 1 amide bonds. The maximum Gasteiger partial charge on any atom is 0.223 e. The van der Waals surface area contributed by atoms with Crippen LogP contribution in [0.4, 0.5) is 5.13 Å². The summed E-state index contributed by atoms with van der Waals surface area (Å²) in [5, 5.41) is 13.2. The SMILES string of the molecule is Cc1nnc(N2CC(NC(=O)C3CCOCC3)C2)s1. The van der Waals surface area contributed by atoms with Gasteiger partial charge >= 0.3 is 0 Å². The van der Waals surface area contributed by atoms with E-state index in [2.05, 4.69) is 20.4 Å². The van der Waals surface area contributed by atoms with Crippen molar-refractivity contribution in [2.75, 3.05) is 31.2 Å². The van der Waals surface area contributed by atoms with E-state index in [0.717, 1.165) is 36.1 Å². The van der Waals surface area contributed by atoms with Crippen molar-refractivity contribution in [1.82, 2.24) is 15.5 Å². The number of ether oxygens (including phenoxy) is 1. The Kier molecular flexibility index (Phi) is 3.65. The van der Waals surface area contributed by atoms with Gasteiger partial charge < -0.3 is 15.0 Å². The molecule has 3 rings (SSSR count). The van der Waals surface area contributed by atoms with Crippen molar-refractivity contribution in [3.05, 3.63) is 5.01 Å². The third-order valence-electron chi connectivity index (χ3n) is 3.61. The molecule has 1 aromatic rings. The smallest absolute Gasteiger partial charge is 0.223 e. The first-order valence-electron chi connectivity index (χ1n) is 6.65. The molecule has 0 unspecified atom stereocenters. The van der Waals surface area contributed by atoms with E-state index >= 15 is 0 Å². The van der Waals surface area contributed by atoms with Gasteiger partial charge in [0.25, 0.3) is 0 Å². The second-order valence-electron chi connectivity index (χ2n) is 5.10. The second kappa shape index (κ2) is 5.42. The standard InChI is InChI=1S/C12H18N4O2S/c1-8-14-15-12(19-8)16-6-10(7-16)13-11(17)9-2-4-18-5-3-9/h9-10H,2-7H2,1H3,(H,13,17). The molecule has 3 heterocycles. The number of nitrogens with zero attached hydrogens (tertiary/aromatic N) is 3. The fraction of sp³-hybridized carbons (Fsp3) is 0.750. The van der Waals surface area contributed by atoms with Crippen molar-refractivity contribution in [1.29, 1.82) is 0 Å². The molecule has 104 valence electrons. The lowest BCUT2D eigenvalue weighted by atomic mass is 9.98. The van der Waals surface area contributed by atoms with E-state index < -0.39 is 0 Å². The lowest BCUT2D eigenvalue weighted by Gasteiger charge is -2.39. The van der Waals surface area contributed by atoms with Gasteiger partial charge in [-0.15, -0.1) is 10.2 Å². The molecule has 0 bridgehead atoms. The highest BCUT2D eigenvalue weighted by Gasteiger charge is 2.32. The van der Waals surface area contributed by atoms with Crippen LogP contribution in [0, 0.1) is 12.8 Å². The van der Waals surface area contributed by atoms with Crippen LogP contribution >= 0.6 is 11.3 Å². The van der Waals surface area contributed by atoms with E-state index in [-0.39, 0.29) is 17.9 Å². The van der Waals surface area contributed by atoms with E-state index in [1.165, 1.54) is 0 Å². The van der Waals surface area contributed by atoms with Gasteiger partial charge in [-0.25, -0.2) is 0 Å². The number of anilines is 1. The van der Waals surface area contributed by atoms with E-state index in [4.69, 9.17) is 4.74 Å². The Bertz CT molecular complexity index is 452. The van der Waals surface area contributed by atoms with Gasteiger partial charge in [-0.2, -0.15) is 0 Å². The third kappa shape index (κ3) is 2.87. The Balaban J connectivity index is 1.44. The molecule has 0 aromatic carbocycles. The van der Waals surface area contributed by atoms with Crippen LogP contribution in [0.1, 0.15) is 17.8 Å². The van der Waals surface area contributed by atoms with Gasteiger partial charge in [0.2, 0.25) is 11.0 Å². The first kappa shape index (κ1) is 12.8. The number of nitrogens with one attached hydrogen (secondary N) is 1. The van der Waals surface area contributed by atoms with E-state index in [9.17, 15) is 4.79 Å². The highest BCUT2D eigenvalue weighted by molar-refractivity contribution is 7.15. The van der Waals surface area contributed by atoms with Crippen LogP contribution in [0.15, 0.2) is 0 Å². The maximum atomic E-state index is 12.0. The molecule has 1 N–H and O–H groups in total. The first-order chi connectivity index (χ1) is 9.22. The van der Waals surface area contributed by atoms with E-state index in [0.29, 0.717) is 13.2 Å². The van der Waals surface area contributed by atoms with Crippen LogP contribution in [-0.2, 0) is 9.53 Å². The molecular weight excluding hydrogens is 264 g/mol. The molecule has 7 heteroatoms. The monoisotopic (exact) mass is 282 g/mol. The second-order valence-corrected chi connectivity index (χ2v) is 6.26. The summed E-state index contributed by atoms with van der Waals surface area (Å²) in [4.78, 5) is 14.2. The predicted molar refractivity (Wildman–Crippen MR) is 72.3 cm³/mol. The Morgan fingerprint density at radius 2 is 2.11 bits per heavy atom. The van der Waals surface area contributed by atoms with Gasteiger partial charge in [0.05, 0.1) is 6.04 Å². The first-order valence-corrected chi connectivity index (χ1v) is 7.47. The fourth-order valence-corrected chi connectivity index (χ4v) is 3.12. The summed E-state index contributed by atoms with van der Waals surface area (Å²) in [7, 11) is 0. The normalized spacial score (nSPS) is 21.2. The van der Waals surface area contributed by atoms with Crippen molar-refractivity contribution in [3.8, 4) is 0 Å². The Hall–Kier alpha value is -1.21. The molecule has 1 aromatic heterocycles. The molecule has 0 aliphatic carbocycles. The Morgan fingerprint density at radius 1 is 1.37 bits per heavy atom. The van der Waals surface area contributed by atoms with Gasteiger partial charge in [-0.05, 0) is 19.8 Å². The summed E-state index contributed by atoms with van der Waals surface area (Å²) < 4.78 is 5.27. The van der Waals surface area contributed by atoms with E-state index in [1.807, 2.05) is 6.92 Å². The van der Waals surface area contributed by atoms with Crippen molar-refractivity contribution in [3.63, 3.8) is 0 Å². The summed E-state index contributed by atoms with van der Waals surface area (Å²) >= 11 is 1.60. The quantitative estimate of drug-likeness (QED) is 0.878. The lowest BCUT2D eigenvalue weighted by Crippen LogP contribution is -2.60. The number of aryl methyl sites for hydroxylation is 1. The van der Waals surface area contributed by atoms with Crippen LogP contribution < -0.4 is 10.2 Å². The van der Waals surface area contributed by atoms with Crippen molar-refractivity contribution in [2.45, 2.75) is 25.8 Å². The topological polar surface area (TPSA) is 67.4 Å². The minimum absolute atomic E-state index is 0.131. The fourth-order valence-electron chi connectivity index (χ4n) is 2.42. The van der Waals surface area contributed by atoms with Gasteiger partial charge in [0, 0.05) is 32.2 Å². The number of hydrogen-bond donors (Lipinski definition) is 1. The van der Waals surface area contributed by atoms with Gasteiger partial charge in [0.15, 0.2) is 0 Å². The third-order valence-corrected chi connectivity index (χ3v) is 4.51. The summed E-state index contributed by atoms with van der Waals surface area (Å²) in [6, 6.07) is 0.250. The lowest BCUT2D eigenvalue weighted by molar-refractivity contribution is -0.128. The summed E-state index contributed by atoms with van der Waals surface area (Å²) in [5.41, 5.74) is 0. The zero-order chi connectivity index (χ0) is 13.2. The van der Waals surface area contributed by atoms with Crippen LogP contribution in [-0.4, -0.2) is 48.4 Å². The number of rotatable bonds is 3. The number of aromatic nitrogens is 2. The van der Waals surface area contributed by atoms with Gasteiger partial charge in [0.1, 0.15) is 5.01 Å². The molecule has 0 radical (unpaired) electrons. The molecule has 0 spiro atoms. The molecule has 2 fully saturated rings. The zero-order valence-electron chi connectivity index (χ0n) is 11.0. The van der Waals surface area contributed by atoms with Crippen LogP contribution in [0.25, 0.3) is 0 Å². The molecule has 2 aliphatic rings. The summed E-state index contributed by atoms with van der Waals surface area (Å²) in [6.07, 6.45) is 1.69. The summed E-state index contributed by atoms with van der Waals surface area (Å²) in [5.74, 6) is 0.313. The molecule has 6 nitrogen and oxygen atoms in total. The number of hydrogen-bond acceptors (Lipinski definition) is 6. The average molecular weight is 282 g/mol. The van der Waals surface area contributed by atoms with Crippen LogP contribution in [0.5, 0.6) is 0 Å². The molecular formula is C12H18N4O2S. The van der Waals surface area contributed by atoms with E-state index in [1.54, 1.807) is 11.3 Å². The Morgan fingerprint density at radius 3 is 2.74 bits per heavy atom. The molecule has 2 saturated heterocycles. The number of carbonyl (C=O) groups is 1. The maximum absolute atomic E-state index is 12.0. The predicted octanol–water partition coefficient (Wildman–Crippen LogP) is 0.578. The van der Waals surface area contributed by atoms with Crippen LogP contribution in [0.2, 0.25) is 0 Å². The number of carbonyl (C=O) groups excluding carboxylic acids is 1. The highest BCUT2D eigenvalue weighted by Crippen LogP contribution is 2.24. The largest absolute Gasteiger partial charge is 0.381 e. The Labute approximate surface area is 116 Å². The highest BCUT2D eigenvalue weighted by atomic mass is 32.1. The molecule has 0 atom stereocenters. The minimum Gasteiger partial charge on any atom is -0.381 e. The molecule has 2 aliphatic heterocycles. The van der Waals surface area contributed by atoms with Crippen molar-refractivity contribution < 1.29 is 9.53 Å². The molecule has 19 heavy (non-hydrogen) atoms. The van der Waals surface area contributed by atoms with Crippen molar-refractivity contribution in [2.24, 2.45) is 5.92 Å². The van der Waals surface area contributed by atoms with Gasteiger partial charge in [-0.3, -0.25) is 4.79 Å². The molecule has 0 saturated carbocycles. The van der Waals surface area contributed by atoms with Crippen molar-refractivity contribution >= 4 is 22.4 Å². The number of amides is 1. The average Bonchev–Trinajstić information content (AvgIpc) is 2.80.